The maximum atomic E-state index is 13.0. The highest BCUT2D eigenvalue weighted by Crippen LogP contribution is 2.44. The van der Waals surface area contributed by atoms with Gasteiger partial charge in [0, 0.05) is 12.3 Å². The highest BCUT2D eigenvalue weighted by Gasteiger charge is 2.31. The number of rotatable bonds is 11. The summed E-state index contributed by atoms with van der Waals surface area (Å²) in [6, 6.07) is 24.0. The molecular weight excluding hydrogens is 490 g/mol. The lowest BCUT2D eigenvalue weighted by atomic mass is 9.98. The number of carboxylic acid groups (broad SMARTS) is 1. The van der Waals surface area contributed by atoms with Crippen molar-refractivity contribution in [3.8, 4) is 11.1 Å². The van der Waals surface area contributed by atoms with Crippen LogP contribution in [-0.2, 0) is 25.5 Å². The topological polar surface area (TPSA) is 102 Å². The summed E-state index contributed by atoms with van der Waals surface area (Å²) in [7, 11) is 0. The molecule has 0 unspecified atom stereocenters. The summed E-state index contributed by atoms with van der Waals surface area (Å²) >= 11 is 1.49. The molecule has 8 heteroatoms. The average molecular weight is 520 g/mol. The molecule has 0 bridgehead atoms. The number of benzene rings is 3. The van der Waals surface area contributed by atoms with E-state index in [-0.39, 0.29) is 25.4 Å². The molecule has 0 radical (unpaired) electrons. The second-order valence-corrected chi connectivity index (χ2v) is 9.75. The van der Waals surface area contributed by atoms with Crippen molar-refractivity contribution < 1.29 is 29.0 Å². The molecule has 2 N–H and O–H groups in total. The van der Waals surface area contributed by atoms with Crippen molar-refractivity contribution in [2.75, 3.05) is 18.6 Å². The number of fused-ring (bicyclic) bond motifs is 3. The van der Waals surface area contributed by atoms with Crippen molar-refractivity contribution in [3.05, 3.63) is 95.6 Å². The number of hydrogen-bond acceptors (Lipinski definition) is 6. The third-order valence-corrected chi connectivity index (χ3v) is 6.99. The van der Waals surface area contributed by atoms with Crippen molar-refractivity contribution in [2.45, 2.75) is 30.9 Å². The van der Waals surface area contributed by atoms with Gasteiger partial charge in [-0.3, -0.25) is 4.79 Å². The molecule has 4 rings (SSSR count). The maximum absolute atomic E-state index is 13.0. The van der Waals surface area contributed by atoms with Gasteiger partial charge in [0.1, 0.15) is 12.6 Å². The highest BCUT2D eigenvalue weighted by atomic mass is 32.2. The van der Waals surface area contributed by atoms with Gasteiger partial charge in [-0.05, 0) is 46.2 Å². The van der Waals surface area contributed by atoms with E-state index in [0.29, 0.717) is 5.75 Å². The minimum atomic E-state index is -1.24. The normalized spacial score (nSPS) is 13.6. The van der Waals surface area contributed by atoms with Crippen LogP contribution >= 0.6 is 11.8 Å². The molecule has 0 heterocycles. The van der Waals surface area contributed by atoms with E-state index in [0.717, 1.165) is 27.8 Å². The Morgan fingerprint density at radius 3 is 2.11 bits per heavy atom. The van der Waals surface area contributed by atoms with E-state index in [2.05, 4.69) is 5.32 Å². The first kappa shape index (κ1) is 26.3. The monoisotopic (exact) mass is 519 g/mol. The smallest absolute Gasteiger partial charge is 0.480 e. The Labute approximate surface area is 220 Å². The Morgan fingerprint density at radius 2 is 1.51 bits per heavy atom. The van der Waals surface area contributed by atoms with Crippen molar-refractivity contribution in [1.82, 2.24) is 5.32 Å². The fourth-order valence-corrected chi connectivity index (χ4v) is 4.99. The first-order valence-electron chi connectivity index (χ1n) is 12.1. The number of carbonyl (C=O) groups is 3. The maximum Gasteiger partial charge on any atom is 0.509 e. The number of ether oxygens (including phenoxy) is 2. The van der Waals surface area contributed by atoms with Gasteiger partial charge < -0.3 is 19.9 Å². The van der Waals surface area contributed by atoms with Crippen LogP contribution in [0.25, 0.3) is 11.1 Å². The molecule has 0 aromatic heterocycles. The number of carboxylic acids is 1. The molecule has 1 amide bonds. The first-order valence-corrected chi connectivity index (χ1v) is 13.4. The molecular formula is C29H29NO6S. The van der Waals surface area contributed by atoms with Gasteiger partial charge >= 0.3 is 12.1 Å². The second-order valence-electron chi connectivity index (χ2n) is 8.77. The van der Waals surface area contributed by atoms with Crippen LogP contribution < -0.4 is 5.32 Å². The van der Waals surface area contributed by atoms with Gasteiger partial charge in [0.2, 0.25) is 0 Å². The van der Waals surface area contributed by atoms with Gasteiger partial charge in [-0.1, -0.05) is 78.9 Å². The van der Waals surface area contributed by atoms with Crippen LogP contribution in [0.1, 0.15) is 29.0 Å². The SMILES string of the molecule is CSCC[C@H](NC(=O)[C@H](Cc1ccccc1)OC(=O)OCC1c2ccccc2-c2ccccc21)C(=O)O. The van der Waals surface area contributed by atoms with E-state index in [1.165, 1.54) is 11.8 Å². The molecule has 1 aliphatic carbocycles. The zero-order valence-electron chi connectivity index (χ0n) is 20.5. The molecule has 0 saturated carbocycles. The fraction of sp³-hybridized carbons (Fsp3) is 0.276. The van der Waals surface area contributed by atoms with Gasteiger partial charge in [-0.2, -0.15) is 11.8 Å². The van der Waals surface area contributed by atoms with Crippen LogP contribution in [0.15, 0.2) is 78.9 Å². The molecule has 2 atom stereocenters. The second kappa shape index (κ2) is 12.5. The minimum Gasteiger partial charge on any atom is -0.480 e. The summed E-state index contributed by atoms with van der Waals surface area (Å²) in [6.07, 6.45) is -0.0148. The van der Waals surface area contributed by atoms with E-state index in [1.54, 1.807) is 0 Å². The predicted octanol–water partition coefficient (Wildman–Crippen LogP) is 4.89. The Hall–Kier alpha value is -3.78. The van der Waals surface area contributed by atoms with Crippen molar-refractivity contribution in [1.29, 1.82) is 0 Å². The molecule has 7 nitrogen and oxygen atoms in total. The Bertz CT molecular complexity index is 1200. The summed E-state index contributed by atoms with van der Waals surface area (Å²) in [5, 5.41) is 12.0. The largest absolute Gasteiger partial charge is 0.509 e. The van der Waals surface area contributed by atoms with Crippen molar-refractivity contribution in [2.24, 2.45) is 0 Å². The summed E-state index contributed by atoms with van der Waals surface area (Å²) in [5.74, 6) is -1.40. The molecule has 0 spiro atoms. The molecule has 0 aliphatic heterocycles. The fourth-order valence-electron chi connectivity index (χ4n) is 4.51. The summed E-state index contributed by atoms with van der Waals surface area (Å²) < 4.78 is 11.0. The lowest BCUT2D eigenvalue weighted by Gasteiger charge is -2.21. The summed E-state index contributed by atoms with van der Waals surface area (Å²) in [4.78, 5) is 37.4. The molecule has 37 heavy (non-hydrogen) atoms. The molecule has 192 valence electrons. The summed E-state index contributed by atoms with van der Waals surface area (Å²) in [5.41, 5.74) is 5.10. The molecule has 3 aromatic rings. The van der Waals surface area contributed by atoms with E-state index in [4.69, 9.17) is 9.47 Å². The number of hydrogen-bond donors (Lipinski definition) is 2. The van der Waals surface area contributed by atoms with Gasteiger partial charge in [-0.15, -0.1) is 0 Å². The number of nitrogens with one attached hydrogen (secondary N) is 1. The van der Waals surface area contributed by atoms with Gasteiger partial charge in [0.15, 0.2) is 6.10 Å². The Balaban J connectivity index is 1.45. The van der Waals surface area contributed by atoms with E-state index < -0.39 is 30.2 Å². The average Bonchev–Trinajstić information content (AvgIpc) is 3.23. The number of carbonyl (C=O) groups excluding carboxylic acids is 2. The van der Waals surface area contributed by atoms with Crippen LogP contribution in [0, 0.1) is 0 Å². The number of amides is 1. The van der Waals surface area contributed by atoms with Crippen LogP contribution in [0.5, 0.6) is 0 Å². The summed E-state index contributed by atoms with van der Waals surface area (Å²) in [6.45, 7) is 0.0536. The molecule has 0 fully saturated rings. The van der Waals surface area contributed by atoms with Crippen LogP contribution in [0.4, 0.5) is 4.79 Å². The van der Waals surface area contributed by atoms with E-state index in [1.807, 2.05) is 85.1 Å². The zero-order chi connectivity index (χ0) is 26.2. The van der Waals surface area contributed by atoms with Crippen LogP contribution in [0.2, 0.25) is 0 Å². The van der Waals surface area contributed by atoms with E-state index in [9.17, 15) is 19.5 Å². The number of aliphatic carboxylic acids is 1. The lowest BCUT2D eigenvalue weighted by Crippen LogP contribution is -2.47. The quantitative estimate of drug-likeness (QED) is 0.348. The molecule has 0 saturated heterocycles. The first-order chi connectivity index (χ1) is 18.0. The van der Waals surface area contributed by atoms with Gasteiger partial charge in [0.05, 0.1) is 0 Å². The highest BCUT2D eigenvalue weighted by molar-refractivity contribution is 7.98. The zero-order valence-corrected chi connectivity index (χ0v) is 21.3. The predicted molar refractivity (Wildman–Crippen MR) is 143 cm³/mol. The van der Waals surface area contributed by atoms with E-state index >= 15 is 0 Å². The van der Waals surface area contributed by atoms with Crippen LogP contribution in [-0.4, -0.2) is 53.9 Å². The van der Waals surface area contributed by atoms with Gasteiger partial charge in [-0.25, -0.2) is 9.59 Å². The lowest BCUT2D eigenvalue weighted by molar-refractivity contribution is -0.143. The number of thioether (sulfide) groups is 1. The standard InChI is InChI=1S/C29H29NO6S/c1-37-16-15-25(28(32)33)30-27(31)26(17-19-9-3-2-4-10-19)36-29(34)35-18-24-22-13-7-5-11-20(22)21-12-6-8-14-23(21)24/h2-14,24-26H,15-18H2,1H3,(H,30,31)(H,32,33)/t25-,26-/m0/s1. The Morgan fingerprint density at radius 1 is 0.919 bits per heavy atom. The van der Waals surface area contributed by atoms with Crippen molar-refractivity contribution >= 4 is 29.8 Å². The van der Waals surface area contributed by atoms with Crippen LogP contribution in [0.3, 0.4) is 0 Å². The van der Waals surface area contributed by atoms with Gasteiger partial charge in [0.25, 0.3) is 5.91 Å². The third-order valence-electron chi connectivity index (χ3n) is 6.35. The van der Waals surface area contributed by atoms with Crippen molar-refractivity contribution in [3.63, 3.8) is 0 Å². The third kappa shape index (κ3) is 6.51. The minimum absolute atomic E-state index is 0.0536. The molecule has 3 aromatic carbocycles. The molecule has 1 aliphatic rings. The Kier molecular flexibility index (Phi) is 8.85.